The van der Waals surface area contributed by atoms with Crippen LogP contribution in [0.15, 0.2) is 97.2 Å². The quantitative estimate of drug-likeness (QED) is 0.339. The Morgan fingerprint density at radius 2 is 1.59 bits per heavy atom. The average Bonchev–Trinajstić information content (AvgIpc) is 2.86. The predicted octanol–water partition coefficient (Wildman–Crippen LogP) is 5.63. The van der Waals surface area contributed by atoms with Crippen LogP contribution in [0.1, 0.15) is 22.4 Å². The van der Waals surface area contributed by atoms with Gasteiger partial charge < -0.3 is 9.84 Å². The van der Waals surface area contributed by atoms with Crippen molar-refractivity contribution < 1.29 is 19.0 Å². The maximum absolute atomic E-state index is 13.9. The Morgan fingerprint density at radius 3 is 2.21 bits per heavy atom. The van der Waals surface area contributed by atoms with Crippen LogP contribution in [-0.2, 0) is 15.3 Å². The summed E-state index contributed by atoms with van der Waals surface area (Å²) in [5.41, 5.74) is 2.98. The highest BCUT2D eigenvalue weighted by atomic mass is 32.2. The zero-order chi connectivity index (χ0) is 24.0. The van der Waals surface area contributed by atoms with Crippen LogP contribution in [0.3, 0.4) is 0 Å². The summed E-state index contributed by atoms with van der Waals surface area (Å²) in [7, 11) is 0. The van der Waals surface area contributed by atoms with E-state index in [-0.39, 0.29) is 6.01 Å². The first-order valence-corrected chi connectivity index (χ1v) is 11.7. The number of benzene rings is 3. The summed E-state index contributed by atoms with van der Waals surface area (Å²) in [6, 6.07) is 26.6. The van der Waals surface area contributed by atoms with Gasteiger partial charge in [0.05, 0.1) is 0 Å². The van der Waals surface area contributed by atoms with Crippen molar-refractivity contribution in [3.63, 3.8) is 0 Å². The lowest BCUT2D eigenvalue weighted by molar-refractivity contribution is -0.146. The fourth-order valence-electron chi connectivity index (χ4n) is 3.76. The first kappa shape index (κ1) is 23.4. The molecule has 1 heterocycles. The molecular formula is C27H23FN2O3S. The number of nitrogens with zero attached hydrogens (tertiary/aromatic N) is 2. The molecule has 0 bridgehead atoms. The molecule has 0 saturated carbocycles. The van der Waals surface area contributed by atoms with E-state index in [0.717, 1.165) is 5.56 Å². The van der Waals surface area contributed by atoms with Gasteiger partial charge in [-0.1, -0.05) is 72.8 Å². The number of carboxylic acid groups (broad SMARTS) is 1. The van der Waals surface area contributed by atoms with Crippen LogP contribution in [0.4, 0.5) is 4.39 Å². The Hall–Kier alpha value is -3.71. The minimum atomic E-state index is -1.41. The normalized spacial score (nSPS) is 13.6. The minimum absolute atomic E-state index is 0.0323. The first-order chi connectivity index (χ1) is 16.5. The van der Waals surface area contributed by atoms with Crippen LogP contribution >= 0.6 is 11.8 Å². The summed E-state index contributed by atoms with van der Waals surface area (Å²) in [4.78, 5) is 21.2. The number of rotatable bonds is 9. The lowest BCUT2D eigenvalue weighted by Gasteiger charge is -2.38. The number of thioether (sulfide) groups is 1. The Balaban J connectivity index is 1.90. The summed E-state index contributed by atoms with van der Waals surface area (Å²) in [5.74, 6) is -1.10. The number of carboxylic acids is 1. The Kier molecular flexibility index (Phi) is 7.23. The van der Waals surface area contributed by atoms with Gasteiger partial charge in [0.1, 0.15) is 10.6 Å². The fraction of sp³-hybridized carbons (Fsp3) is 0.148. The van der Waals surface area contributed by atoms with Gasteiger partial charge in [0.25, 0.3) is 0 Å². The topological polar surface area (TPSA) is 72.3 Å². The number of aliphatic carboxylic acids is 1. The van der Waals surface area contributed by atoms with Crippen molar-refractivity contribution in [1.29, 1.82) is 0 Å². The van der Waals surface area contributed by atoms with Crippen LogP contribution in [0.2, 0.25) is 0 Å². The van der Waals surface area contributed by atoms with E-state index in [1.807, 2.05) is 60.7 Å². The molecule has 1 N–H and O–H groups in total. The van der Waals surface area contributed by atoms with Crippen molar-refractivity contribution in [2.24, 2.45) is 0 Å². The zero-order valence-electron chi connectivity index (χ0n) is 18.5. The number of halogens is 1. The molecule has 0 aliphatic rings. The van der Waals surface area contributed by atoms with Crippen LogP contribution in [0.25, 0.3) is 0 Å². The van der Waals surface area contributed by atoms with Gasteiger partial charge in [-0.3, -0.25) is 0 Å². The number of ether oxygens (including phenoxy) is 1. The summed E-state index contributed by atoms with van der Waals surface area (Å²) in [6.45, 7) is 1.78. The molecule has 0 fully saturated rings. The van der Waals surface area contributed by atoms with Gasteiger partial charge >= 0.3 is 12.0 Å². The predicted molar refractivity (Wildman–Crippen MR) is 130 cm³/mol. The van der Waals surface area contributed by atoms with E-state index < -0.39 is 22.6 Å². The molecule has 2 atom stereocenters. The highest BCUT2D eigenvalue weighted by Gasteiger charge is 2.49. The van der Waals surface area contributed by atoms with Crippen molar-refractivity contribution in [2.75, 3.05) is 0 Å². The van der Waals surface area contributed by atoms with Gasteiger partial charge in [0.15, 0.2) is 0 Å². The standard InChI is InChI=1S/C27H23FN2O3S/c1-19-16-17-29-26(30-19)33-24(25(31)32)27(21-10-6-3-7-11-21,22-12-14-23(28)15-13-22)34-18-20-8-4-2-5-9-20/h2-17,24H,18H2,1H3,(H,31,32)/t24-,27+/m1/s1. The van der Waals surface area contributed by atoms with E-state index in [1.165, 1.54) is 30.1 Å². The largest absolute Gasteiger partial charge is 0.478 e. The van der Waals surface area contributed by atoms with Gasteiger partial charge in [-0.25, -0.2) is 19.2 Å². The van der Waals surface area contributed by atoms with Crippen molar-refractivity contribution in [1.82, 2.24) is 9.97 Å². The zero-order valence-corrected chi connectivity index (χ0v) is 19.3. The Morgan fingerprint density at radius 1 is 0.971 bits per heavy atom. The van der Waals surface area contributed by atoms with Gasteiger partial charge in [0, 0.05) is 17.6 Å². The molecular weight excluding hydrogens is 451 g/mol. The molecule has 0 unspecified atom stereocenters. The van der Waals surface area contributed by atoms with E-state index >= 15 is 0 Å². The molecule has 0 aliphatic carbocycles. The third-order valence-electron chi connectivity index (χ3n) is 5.37. The summed E-state index contributed by atoms with van der Waals surface area (Å²) >= 11 is 1.41. The second-order valence-electron chi connectivity index (χ2n) is 7.70. The molecule has 172 valence electrons. The molecule has 3 aromatic carbocycles. The molecule has 7 heteroatoms. The second kappa shape index (κ2) is 10.5. The highest BCUT2D eigenvalue weighted by Crippen LogP contribution is 2.48. The summed E-state index contributed by atoms with van der Waals surface area (Å²) in [5, 5.41) is 10.4. The molecule has 34 heavy (non-hydrogen) atoms. The number of carbonyl (C=O) groups is 1. The first-order valence-electron chi connectivity index (χ1n) is 10.7. The van der Waals surface area contributed by atoms with Crippen LogP contribution < -0.4 is 4.74 Å². The molecule has 0 aliphatic heterocycles. The minimum Gasteiger partial charge on any atom is -0.478 e. The molecule has 0 saturated heterocycles. The summed E-state index contributed by atoms with van der Waals surface area (Å²) < 4.78 is 18.7. The van der Waals surface area contributed by atoms with Crippen molar-refractivity contribution in [3.05, 3.63) is 125 Å². The van der Waals surface area contributed by atoms with E-state index in [2.05, 4.69) is 9.97 Å². The molecule has 5 nitrogen and oxygen atoms in total. The average molecular weight is 475 g/mol. The van der Waals surface area contributed by atoms with E-state index in [1.54, 1.807) is 25.1 Å². The van der Waals surface area contributed by atoms with E-state index in [9.17, 15) is 14.3 Å². The molecule has 1 aromatic heterocycles. The lowest BCUT2D eigenvalue weighted by atomic mass is 9.85. The van der Waals surface area contributed by atoms with Gasteiger partial charge in [0.2, 0.25) is 6.10 Å². The highest BCUT2D eigenvalue weighted by molar-refractivity contribution is 7.99. The van der Waals surface area contributed by atoms with E-state index in [4.69, 9.17) is 4.74 Å². The lowest BCUT2D eigenvalue weighted by Crippen LogP contribution is -2.47. The number of aryl methyl sites for hydroxylation is 1. The molecule has 0 amide bonds. The molecule has 0 spiro atoms. The second-order valence-corrected chi connectivity index (χ2v) is 8.92. The van der Waals surface area contributed by atoms with E-state index in [0.29, 0.717) is 22.6 Å². The van der Waals surface area contributed by atoms with Crippen molar-refractivity contribution >= 4 is 17.7 Å². The SMILES string of the molecule is Cc1ccnc(O[C@H](C(=O)O)[C@](SCc2ccccc2)(c2ccccc2)c2ccc(F)cc2)n1. The van der Waals surface area contributed by atoms with Crippen LogP contribution in [0, 0.1) is 12.7 Å². The molecule has 0 radical (unpaired) electrons. The van der Waals surface area contributed by atoms with Crippen LogP contribution in [0.5, 0.6) is 6.01 Å². The van der Waals surface area contributed by atoms with Crippen molar-refractivity contribution in [2.45, 2.75) is 23.5 Å². The van der Waals surface area contributed by atoms with Gasteiger partial charge in [-0.2, -0.15) is 0 Å². The smallest absolute Gasteiger partial charge is 0.347 e. The number of aromatic nitrogens is 2. The Labute approximate surface area is 201 Å². The number of hydrogen-bond donors (Lipinski definition) is 1. The maximum Gasteiger partial charge on any atom is 0.347 e. The number of hydrogen-bond acceptors (Lipinski definition) is 5. The van der Waals surface area contributed by atoms with Gasteiger partial charge in [-0.05, 0) is 41.8 Å². The third-order valence-corrected chi connectivity index (χ3v) is 6.99. The molecule has 4 aromatic rings. The van der Waals surface area contributed by atoms with Crippen LogP contribution in [-0.4, -0.2) is 27.1 Å². The Bertz CT molecular complexity index is 1240. The molecule has 4 rings (SSSR count). The maximum atomic E-state index is 13.9. The van der Waals surface area contributed by atoms with Crippen molar-refractivity contribution in [3.8, 4) is 6.01 Å². The van der Waals surface area contributed by atoms with Gasteiger partial charge in [-0.15, -0.1) is 11.8 Å². The third kappa shape index (κ3) is 5.10. The summed E-state index contributed by atoms with van der Waals surface area (Å²) in [6.07, 6.45) is 0.117. The fourth-order valence-corrected chi connectivity index (χ4v) is 5.25. The monoisotopic (exact) mass is 474 g/mol.